The van der Waals surface area contributed by atoms with Crippen molar-refractivity contribution in [1.29, 1.82) is 0 Å². The van der Waals surface area contributed by atoms with Crippen LogP contribution in [-0.2, 0) is 25.6 Å². The minimum atomic E-state index is -4.49. The van der Waals surface area contributed by atoms with E-state index in [9.17, 15) is 22.0 Å². The van der Waals surface area contributed by atoms with Gasteiger partial charge in [0, 0.05) is 17.3 Å². The molecule has 2 aromatic rings. The monoisotopic (exact) mass is 398 g/mol. The van der Waals surface area contributed by atoms with E-state index in [1.54, 1.807) is 6.92 Å². The molecule has 9 heteroatoms. The minimum Gasteiger partial charge on any atom is -0.386 e. The third kappa shape index (κ3) is 3.62. The zero-order chi connectivity index (χ0) is 20.2. The number of nitrogens with two attached hydrogens (primary N) is 1. The summed E-state index contributed by atoms with van der Waals surface area (Å²) in [6.45, 7) is 1.68. The highest BCUT2D eigenvalue weighted by atomic mass is 19.4. The lowest BCUT2D eigenvalue weighted by atomic mass is 10.1. The molecule has 1 heterocycles. The molecule has 2 aliphatic rings. The largest absolute Gasteiger partial charge is 0.435 e. The molecule has 4 rings (SSSR count). The third-order valence-electron chi connectivity index (χ3n) is 5.27. The van der Waals surface area contributed by atoms with Crippen LogP contribution in [-0.4, -0.2) is 21.7 Å². The van der Waals surface area contributed by atoms with Crippen molar-refractivity contribution in [2.24, 2.45) is 16.6 Å². The van der Waals surface area contributed by atoms with E-state index >= 15 is 0 Å². The van der Waals surface area contributed by atoms with Crippen molar-refractivity contribution in [3.05, 3.63) is 52.3 Å². The van der Waals surface area contributed by atoms with Crippen LogP contribution in [0, 0.1) is 17.6 Å². The Morgan fingerprint density at radius 1 is 1.29 bits per heavy atom. The lowest BCUT2D eigenvalue weighted by Gasteiger charge is -2.11. The Morgan fingerprint density at radius 2 is 1.96 bits per heavy atom. The summed E-state index contributed by atoms with van der Waals surface area (Å²) in [7, 11) is 0. The maximum Gasteiger partial charge on any atom is 0.435 e. The molecule has 0 spiro atoms. The molecule has 0 bridgehead atoms. The fourth-order valence-corrected chi connectivity index (χ4v) is 4.12. The van der Waals surface area contributed by atoms with Gasteiger partial charge in [-0.2, -0.15) is 18.3 Å². The molecule has 4 nitrogen and oxygen atoms in total. The van der Waals surface area contributed by atoms with Crippen molar-refractivity contribution < 1.29 is 22.0 Å². The average Bonchev–Trinajstić information content (AvgIpc) is 3.05. The molecule has 0 amide bonds. The van der Waals surface area contributed by atoms with E-state index < -0.39 is 23.5 Å². The van der Waals surface area contributed by atoms with Crippen LogP contribution in [0.2, 0.25) is 0 Å². The van der Waals surface area contributed by atoms with Gasteiger partial charge in [-0.1, -0.05) is 0 Å². The lowest BCUT2D eigenvalue weighted by Crippen LogP contribution is -2.24. The summed E-state index contributed by atoms with van der Waals surface area (Å²) in [5, 5.41) is 3.77. The van der Waals surface area contributed by atoms with Crippen molar-refractivity contribution in [3.8, 4) is 0 Å². The summed E-state index contributed by atoms with van der Waals surface area (Å²) in [4.78, 5) is 4.26. The second-order valence-electron chi connectivity index (χ2n) is 7.62. The first-order chi connectivity index (χ1) is 13.1. The minimum absolute atomic E-state index is 0.0414. The van der Waals surface area contributed by atoms with Gasteiger partial charge in [0.15, 0.2) is 5.69 Å². The van der Waals surface area contributed by atoms with Crippen LogP contribution in [0.1, 0.15) is 41.8 Å². The van der Waals surface area contributed by atoms with Crippen LogP contribution in [0.5, 0.6) is 0 Å². The molecule has 0 radical (unpaired) electrons. The molecule has 2 N–H and O–H groups in total. The number of amidine groups is 1. The fourth-order valence-electron chi connectivity index (χ4n) is 4.12. The molecule has 28 heavy (non-hydrogen) atoms. The number of hydrogen-bond acceptors (Lipinski definition) is 2. The number of halogens is 5. The van der Waals surface area contributed by atoms with Crippen molar-refractivity contribution in [2.75, 3.05) is 0 Å². The molecule has 0 aliphatic heterocycles. The molecule has 1 saturated carbocycles. The fraction of sp³-hybridized carbons (Fsp3) is 0.474. The van der Waals surface area contributed by atoms with E-state index in [1.807, 2.05) is 0 Å². The summed E-state index contributed by atoms with van der Waals surface area (Å²) in [6, 6.07) is 2.83. The molecule has 2 unspecified atom stereocenters. The number of alkyl halides is 3. The molecular weight excluding hydrogens is 379 g/mol. The number of aliphatic imine (C=N–C) groups is 1. The lowest BCUT2D eigenvalue weighted by molar-refractivity contribution is -0.142. The molecule has 3 atom stereocenters. The zero-order valence-electron chi connectivity index (χ0n) is 15.1. The average molecular weight is 398 g/mol. The van der Waals surface area contributed by atoms with Crippen LogP contribution < -0.4 is 5.73 Å². The molecule has 2 aliphatic carbocycles. The predicted molar refractivity (Wildman–Crippen MR) is 92.9 cm³/mol. The maximum atomic E-state index is 13.3. The summed E-state index contributed by atoms with van der Waals surface area (Å²) in [6.07, 6.45) is -2.88. The Labute approximate surface area is 158 Å². The van der Waals surface area contributed by atoms with Gasteiger partial charge in [-0.05, 0) is 55.7 Å². The van der Waals surface area contributed by atoms with E-state index in [-0.39, 0.29) is 36.7 Å². The van der Waals surface area contributed by atoms with Crippen LogP contribution in [0.25, 0.3) is 0 Å². The van der Waals surface area contributed by atoms with E-state index in [1.165, 1.54) is 16.8 Å². The highest BCUT2D eigenvalue weighted by Gasteiger charge is 2.53. The standard InChI is InChI=1S/C19H19F5N4/c1-9(2-10-3-12(20)7-13(21)4-10)26-16(25)8-28-15-6-11-5-14(11)17(15)18(27-28)19(22,23)24/h3-4,7,9,11,14H,2,5-6,8H2,1H3,(H2,25,26)/t9-,11?,14?/m1/s1. The summed E-state index contributed by atoms with van der Waals surface area (Å²) in [5.41, 5.74) is 6.46. The Morgan fingerprint density at radius 3 is 2.61 bits per heavy atom. The van der Waals surface area contributed by atoms with E-state index in [0.29, 0.717) is 23.2 Å². The number of rotatable bonds is 5. The van der Waals surface area contributed by atoms with Crippen LogP contribution >= 0.6 is 0 Å². The van der Waals surface area contributed by atoms with Gasteiger partial charge in [0.25, 0.3) is 0 Å². The molecule has 0 saturated heterocycles. The van der Waals surface area contributed by atoms with Crippen molar-refractivity contribution in [1.82, 2.24) is 9.78 Å². The van der Waals surface area contributed by atoms with Crippen molar-refractivity contribution in [2.45, 2.75) is 50.9 Å². The molecule has 1 aromatic heterocycles. The number of nitrogens with zero attached hydrogens (tertiary/aromatic N) is 3. The van der Waals surface area contributed by atoms with Gasteiger partial charge < -0.3 is 5.73 Å². The number of fused-ring (bicyclic) bond motifs is 3. The van der Waals surface area contributed by atoms with Gasteiger partial charge in [0.2, 0.25) is 0 Å². The summed E-state index contributed by atoms with van der Waals surface area (Å²) < 4.78 is 67.8. The smallest absolute Gasteiger partial charge is 0.386 e. The molecular formula is C19H19F5N4. The normalized spacial score (nSPS) is 22.1. The molecule has 1 fully saturated rings. The third-order valence-corrected chi connectivity index (χ3v) is 5.27. The first-order valence-electron chi connectivity index (χ1n) is 9.05. The highest BCUT2D eigenvalue weighted by Crippen LogP contribution is 2.58. The van der Waals surface area contributed by atoms with Crippen molar-refractivity contribution >= 4 is 5.84 Å². The Balaban J connectivity index is 1.51. The van der Waals surface area contributed by atoms with Crippen LogP contribution in [0.15, 0.2) is 23.2 Å². The summed E-state index contributed by atoms with van der Waals surface area (Å²) in [5.74, 6) is -0.987. The second-order valence-corrected chi connectivity index (χ2v) is 7.62. The Kier molecular flexibility index (Phi) is 4.43. The Bertz CT molecular complexity index is 926. The van der Waals surface area contributed by atoms with Gasteiger partial charge in [0.1, 0.15) is 17.5 Å². The van der Waals surface area contributed by atoms with Gasteiger partial charge in [-0.15, -0.1) is 0 Å². The van der Waals surface area contributed by atoms with E-state index in [0.717, 1.165) is 12.5 Å². The molecule has 150 valence electrons. The topological polar surface area (TPSA) is 56.2 Å². The first-order valence-corrected chi connectivity index (χ1v) is 9.05. The highest BCUT2D eigenvalue weighted by molar-refractivity contribution is 5.80. The van der Waals surface area contributed by atoms with Crippen LogP contribution in [0.4, 0.5) is 22.0 Å². The van der Waals surface area contributed by atoms with Crippen molar-refractivity contribution in [3.63, 3.8) is 0 Å². The van der Waals surface area contributed by atoms with E-state index in [2.05, 4.69) is 10.1 Å². The quantitative estimate of drug-likeness (QED) is 0.473. The van der Waals surface area contributed by atoms with E-state index in [4.69, 9.17) is 5.73 Å². The number of hydrogen-bond donors (Lipinski definition) is 1. The maximum absolute atomic E-state index is 13.3. The number of aromatic nitrogens is 2. The second kappa shape index (κ2) is 6.56. The van der Waals surface area contributed by atoms with Gasteiger partial charge in [-0.25, -0.2) is 8.78 Å². The molecule has 1 aromatic carbocycles. The summed E-state index contributed by atoms with van der Waals surface area (Å²) >= 11 is 0. The van der Waals surface area contributed by atoms with Gasteiger partial charge in [-0.3, -0.25) is 9.67 Å². The SMILES string of the molecule is C[C@H](Cc1cc(F)cc(F)c1)N=C(N)Cn1nc(C(F)(F)F)c2c1CC1CC21. The van der Waals surface area contributed by atoms with Gasteiger partial charge >= 0.3 is 6.18 Å². The Hall–Kier alpha value is -2.45. The first kappa shape index (κ1) is 18.9. The predicted octanol–water partition coefficient (Wildman–Crippen LogP) is 3.83. The van der Waals surface area contributed by atoms with Gasteiger partial charge in [0.05, 0.1) is 12.6 Å². The zero-order valence-corrected chi connectivity index (χ0v) is 15.1. The number of benzene rings is 1. The van der Waals surface area contributed by atoms with Crippen LogP contribution in [0.3, 0.4) is 0 Å².